The summed E-state index contributed by atoms with van der Waals surface area (Å²) in [6.07, 6.45) is 1.61. The number of halogens is 1. The van der Waals surface area contributed by atoms with E-state index in [0.29, 0.717) is 6.54 Å². The number of sulfonamides is 1. The van der Waals surface area contributed by atoms with Gasteiger partial charge >= 0.3 is 0 Å². The van der Waals surface area contributed by atoms with E-state index in [2.05, 4.69) is 9.71 Å². The Kier molecular flexibility index (Phi) is 5.41. The van der Waals surface area contributed by atoms with Crippen LogP contribution in [-0.4, -0.2) is 20.4 Å². The van der Waals surface area contributed by atoms with Crippen LogP contribution in [0.2, 0.25) is 0 Å². The van der Waals surface area contributed by atoms with E-state index in [0.717, 1.165) is 17.3 Å². The first-order valence-corrected chi connectivity index (χ1v) is 9.83. The Morgan fingerprint density at radius 2 is 1.81 bits per heavy atom. The van der Waals surface area contributed by atoms with E-state index in [1.54, 1.807) is 18.3 Å². The number of rotatable bonds is 6. The molecule has 0 unspecified atom stereocenters. The number of anilines is 2. The fourth-order valence-corrected chi connectivity index (χ4v) is 3.69. The molecule has 0 aliphatic heterocycles. The summed E-state index contributed by atoms with van der Waals surface area (Å²) in [4.78, 5) is 6.20. The number of hydrogen-bond acceptors (Lipinski definition) is 4. The maximum Gasteiger partial charge on any atom is 0.263 e. The Morgan fingerprint density at radius 1 is 1.07 bits per heavy atom. The summed E-state index contributed by atoms with van der Waals surface area (Å²) in [5, 5.41) is 0. The van der Waals surface area contributed by atoms with Gasteiger partial charge in [-0.2, -0.15) is 0 Å². The zero-order valence-electron chi connectivity index (χ0n) is 15.1. The first kappa shape index (κ1) is 18.8. The molecule has 0 radical (unpaired) electrons. The zero-order chi connectivity index (χ0) is 19.4. The minimum atomic E-state index is -3.83. The van der Waals surface area contributed by atoms with Gasteiger partial charge in [-0.15, -0.1) is 0 Å². The number of nitrogens with one attached hydrogen (secondary N) is 1. The molecule has 2 aromatic carbocycles. The lowest BCUT2D eigenvalue weighted by Crippen LogP contribution is -2.17. The van der Waals surface area contributed by atoms with Gasteiger partial charge < -0.3 is 4.90 Å². The van der Waals surface area contributed by atoms with Crippen LogP contribution in [0.25, 0.3) is 0 Å². The van der Waals surface area contributed by atoms with Crippen LogP contribution in [0.1, 0.15) is 11.1 Å². The lowest BCUT2D eigenvalue weighted by molar-refractivity contribution is 0.598. The van der Waals surface area contributed by atoms with Crippen molar-refractivity contribution in [2.24, 2.45) is 0 Å². The maximum absolute atomic E-state index is 13.4. The minimum Gasteiger partial charge on any atom is -0.369 e. The molecule has 27 heavy (non-hydrogen) atoms. The molecule has 1 heterocycles. The topological polar surface area (TPSA) is 62.3 Å². The van der Waals surface area contributed by atoms with Crippen molar-refractivity contribution < 1.29 is 12.8 Å². The van der Waals surface area contributed by atoms with Gasteiger partial charge in [0.2, 0.25) is 0 Å². The molecule has 0 saturated heterocycles. The molecule has 0 atom stereocenters. The highest BCUT2D eigenvalue weighted by Crippen LogP contribution is 2.20. The second-order valence-electron chi connectivity index (χ2n) is 6.26. The Morgan fingerprint density at radius 3 is 2.44 bits per heavy atom. The molecule has 0 aliphatic rings. The van der Waals surface area contributed by atoms with Crippen LogP contribution in [-0.2, 0) is 16.6 Å². The van der Waals surface area contributed by atoms with Crippen molar-refractivity contribution in [2.75, 3.05) is 16.7 Å². The van der Waals surface area contributed by atoms with E-state index < -0.39 is 15.8 Å². The molecule has 7 heteroatoms. The predicted molar refractivity (Wildman–Crippen MR) is 105 cm³/mol. The van der Waals surface area contributed by atoms with Crippen LogP contribution in [0.4, 0.5) is 15.9 Å². The summed E-state index contributed by atoms with van der Waals surface area (Å²) in [5.74, 6) is -0.244. The van der Waals surface area contributed by atoms with Crippen molar-refractivity contribution in [3.63, 3.8) is 0 Å². The molecule has 140 valence electrons. The van der Waals surface area contributed by atoms with Gasteiger partial charge in [-0.1, -0.05) is 30.3 Å². The highest BCUT2D eigenvalue weighted by Gasteiger charge is 2.16. The number of nitrogens with zero attached hydrogens (tertiary/aromatic N) is 2. The molecular formula is C20H20FN3O2S. The van der Waals surface area contributed by atoms with Crippen molar-refractivity contribution in [3.05, 3.63) is 83.8 Å². The lowest BCUT2D eigenvalue weighted by atomic mass is 10.2. The van der Waals surface area contributed by atoms with Crippen molar-refractivity contribution in [1.82, 2.24) is 4.98 Å². The van der Waals surface area contributed by atoms with Crippen LogP contribution in [0.15, 0.2) is 71.8 Å². The average Bonchev–Trinajstić information content (AvgIpc) is 2.65. The number of aryl methyl sites for hydroxylation is 1. The SMILES string of the molecule is Cc1cc(S(=O)(=O)Nc2ccc(N(C)Cc3ccccc3)cn2)ccc1F. The highest BCUT2D eigenvalue weighted by atomic mass is 32.2. The number of aromatic nitrogens is 1. The zero-order valence-corrected chi connectivity index (χ0v) is 15.9. The molecule has 1 N–H and O–H groups in total. The molecule has 0 spiro atoms. The molecule has 0 aliphatic carbocycles. The van der Waals surface area contributed by atoms with Crippen molar-refractivity contribution >= 4 is 21.5 Å². The third-order valence-electron chi connectivity index (χ3n) is 4.13. The first-order valence-electron chi connectivity index (χ1n) is 8.35. The van der Waals surface area contributed by atoms with E-state index in [-0.39, 0.29) is 16.3 Å². The van der Waals surface area contributed by atoms with Crippen LogP contribution >= 0.6 is 0 Å². The van der Waals surface area contributed by atoms with Crippen molar-refractivity contribution in [1.29, 1.82) is 0 Å². The number of pyridine rings is 1. The fraction of sp³-hybridized carbons (Fsp3) is 0.150. The quantitative estimate of drug-likeness (QED) is 0.698. The largest absolute Gasteiger partial charge is 0.369 e. The van der Waals surface area contributed by atoms with E-state index in [1.807, 2.05) is 42.3 Å². The van der Waals surface area contributed by atoms with Gasteiger partial charge in [0.25, 0.3) is 10.0 Å². The fourth-order valence-electron chi connectivity index (χ4n) is 2.60. The molecule has 3 aromatic rings. The van der Waals surface area contributed by atoms with Gasteiger partial charge in [-0.25, -0.2) is 17.8 Å². The normalized spacial score (nSPS) is 11.2. The third kappa shape index (κ3) is 4.62. The van der Waals surface area contributed by atoms with Crippen LogP contribution in [0.3, 0.4) is 0 Å². The van der Waals surface area contributed by atoms with E-state index in [4.69, 9.17) is 0 Å². The van der Waals surface area contributed by atoms with Gasteiger partial charge in [-0.05, 0) is 48.4 Å². The molecule has 0 bridgehead atoms. The Balaban J connectivity index is 1.72. The Labute approximate surface area is 158 Å². The second kappa shape index (κ2) is 7.75. The Hall–Kier alpha value is -2.93. The second-order valence-corrected chi connectivity index (χ2v) is 7.94. The highest BCUT2D eigenvalue weighted by molar-refractivity contribution is 7.92. The first-order chi connectivity index (χ1) is 12.8. The number of benzene rings is 2. The molecule has 0 amide bonds. The molecule has 5 nitrogen and oxygen atoms in total. The van der Waals surface area contributed by atoms with Crippen molar-refractivity contribution in [3.8, 4) is 0 Å². The Bertz CT molecular complexity index is 1020. The summed E-state index contributed by atoms with van der Waals surface area (Å²) in [6, 6.07) is 17.1. The summed E-state index contributed by atoms with van der Waals surface area (Å²) in [7, 11) is -1.89. The summed E-state index contributed by atoms with van der Waals surface area (Å²) in [5.41, 5.74) is 2.29. The van der Waals surface area contributed by atoms with E-state index in [9.17, 15) is 12.8 Å². The van der Waals surface area contributed by atoms with E-state index >= 15 is 0 Å². The summed E-state index contributed by atoms with van der Waals surface area (Å²) in [6.45, 7) is 2.23. The van der Waals surface area contributed by atoms with Gasteiger partial charge in [0.15, 0.2) is 0 Å². The van der Waals surface area contributed by atoms with Gasteiger partial charge in [-0.3, -0.25) is 4.72 Å². The molecule has 0 fully saturated rings. The number of hydrogen-bond donors (Lipinski definition) is 1. The van der Waals surface area contributed by atoms with Crippen LogP contribution in [0, 0.1) is 12.7 Å². The maximum atomic E-state index is 13.4. The van der Waals surface area contributed by atoms with Crippen LogP contribution < -0.4 is 9.62 Å². The van der Waals surface area contributed by atoms with Gasteiger partial charge in [0.1, 0.15) is 11.6 Å². The average molecular weight is 385 g/mol. The minimum absolute atomic E-state index is 0.00604. The van der Waals surface area contributed by atoms with Gasteiger partial charge in [0.05, 0.1) is 16.8 Å². The monoisotopic (exact) mass is 385 g/mol. The molecule has 1 aromatic heterocycles. The lowest BCUT2D eigenvalue weighted by Gasteiger charge is -2.19. The summed E-state index contributed by atoms with van der Waals surface area (Å²) < 4.78 is 40.7. The smallest absolute Gasteiger partial charge is 0.263 e. The summed E-state index contributed by atoms with van der Waals surface area (Å²) >= 11 is 0. The van der Waals surface area contributed by atoms with E-state index in [1.165, 1.54) is 19.1 Å². The molecule has 3 rings (SSSR count). The standard InChI is InChI=1S/C20H20FN3O2S/c1-15-12-18(9-10-19(15)21)27(25,26)23-20-11-8-17(13-22-20)24(2)14-16-6-4-3-5-7-16/h3-13H,14H2,1-2H3,(H,22,23). The predicted octanol–water partition coefficient (Wildman–Crippen LogP) is 3.97. The van der Waals surface area contributed by atoms with Gasteiger partial charge in [0, 0.05) is 13.6 Å². The molecular weight excluding hydrogens is 365 g/mol. The third-order valence-corrected chi connectivity index (χ3v) is 5.48. The van der Waals surface area contributed by atoms with Crippen LogP contribution in [0.5, 0.6) is 0 Å². The van der Waals surface area contributed by atoms with Crippen molar-refractivity contribution in [2.45, 2.75) is 18.4 Å². The molecule has 0 saturated carbocycles.